The Morgan fingerprint density at radius 2 is 2.17 bits per heavy atom. The van der Waals surface area contributed by atoms with Gasteiger partial charge in [-0.1, -0.05) is 6.42 Å². The van der Waals surface area contributed by atoms with Gasteiger partial charge in [0, 0.05) is 12.3 Å². The first kappa shape index (κ1) is 13.8. The molecule has 0 aromatic rings. The summed E-state index contributed by atoms with van der Waals surface area (Å²) in [5, 5.41) is 6.08. The third-order valence-corrected chi connectivity index (χ3v) is 5.08. The molecule has 1 amide bonds. The second-order valence-electron chi connectivity index (χ2n) is 5.74. The quantitative estimate of drug-likeness (QED) is 0.752. The van der Waals surface area contributed by atoms with Crippen molar-refractivity contribution in [3.05, 3.63) is 0 Å². The normalized spacial score (nSPS) is 33.1. The Morgan fingerprint density at radius 3 is 2.83 bits per heavy atom. The van der Waals surface area contributed by atoms with Crippen LogP contribution in [0.1, 0.15) is 26.2 Å². The Labute approximate surface area is 109 Å². The second-order valence-corrected chi connectivity index (χ2v) is 7.93. The summed E-state index contributed by atoms with van der Waals surface area (Å²) in [6, 6.07) is -0.450. The molecule has 4 unspecified atom stereocenters. The van der Waals surface area contributed by atoms with Gasteiger partial charge < -0.3 is 10.6 Å². The molecule has 4 atom stereocenters. The van der Waals surface area contributed by atoms with E-state index < -0.39 is 9.84 Å². The van der Waals surface area contributed by atoms with Crippen molar-refractivity contribution in [2.45, 2.75) is 38.3 Å². The molecule has 0 radical (unpaired) electrons. The number of sulfone groups is 1. The maximum atomic E-state index is 12.1. The minimum atomic E-state index is -3.05. The SMILES string of the molecule is CC(CS(C)(=O)=O)NC(=O)C1NCC2CCCC21. The van der Waals surface area contributed by atoms with E-state index in [4.69, 9.17) is 0 Å². The zero-order valence-corrected chi connectivity index (χ0v) is 11.8. The standard InChI is InChI=1S/C12H22N2O3S/c1-8(7-18(2,16)17)14-12(15)11-10-5-3-4-9(10)6-13-11/h8-11,13H,3-7H2,1-2H3,(H,14,15). The fraction of sp³-hybridized carbons (Fsp3) is 0.917. The van der Waals surface area contributed by atoms with Gasteiger partial charge in [-0.3, -0.25) is 4.79 Å². The highest BCUT2D eigenvalue weighted by Crippen LogP contribution is 2.37. The van der Waals surface area contributed by atoms with Crippen molar-refractivity contribution < 1.29 is 13.2 Å². The van der Waals surface area contributed by atoms with Gasteiger partial charge in [-0.25, -0.2) is 8.42 Å². The minimum absolute atomic E-state index is 0.000441. The lowest BCUT2D eigenvalue weighted by molar-refractivity contribution is -0.124. The lowest BCUT2D eigenvalue weighted by Crippen LogP contribution is -2.48. The van der Waals surface area contributed by atoms with Crippen LogP contribution in [0.4, 0.5) is 0 Å². The molecule has 5 nitrogen and oxygen atoms in total. The summed E-state index contributed by atoms with van der Waals surface area (Å²) < 4.78 is 22.3. The zero-order chi connectivity index (χ0) is 13.3. The smallest absolute Gasteiger partial charge is 0.237 e. The molecule has 2 aliphatic rings. The van der Waals surface area contributed by atoms with Crippen molar-refractivity contribution in [2.24, 2.45) is 11.8 Å². The van der Waals surface area contributed by atoms with Gasteiger partial charge in [-0.2, -0.15) is 0 Å². The lowest BCUT2D eigenvalue weighted by Gasteiger charge is -2.20. The third-order valence-electron chi connectivity index (χ3n) is 3.97. The fourth-order valence-corrected chi connectivity index (χ4v) is 4.29. The van der Waals surface area contributed by atoms with Gasteiger partial charge in [0.2, 0.25) is 5.91 Å². The predicted molar refractivity (Wildman–Crippen MR) is 69.9 cm³/mol. The Bertz CT molecular complexity index is 421. The number of carbonyl (C=O) groups is 1. The first-order valence-corrected chi connectivity index (χ1v) is 8.64. The average molecular weight is 274 g/mol. The highest BCUT2D eigenvalue weighted by atomic mass is 32.2. The summed E-state index contributed by atoms with van der Waals surface area (Å²) >= 11 is 0. The average Bonchev–Trinajstić information content (AvgIpc) is 2.72. The molecule has 1 saturated carbocycles. The van der Waals surface area contributed by atoms with Gasteiger partial charge in [0.15, 0.2) is 0 Å². The van der Waals surface area contributed by atoms with Crippen LogP contribution in [0.5, 0.6) is 0 Å². The molecule has 2 fully saturated rings. The molecule has 1 aliphatic carbocycles. The Hall–Kier alpha value is -0.620. The van der Waals surface area contributed by atoms with Crippen molar-refractivity contribution in [1.82, 2.24) is 10.6 Å². The summed E-state index contributed by atoms with van der Waals surface area (Å²) in [7, 11) is -3.05. The van der Waals surface area contributed by atoms with E-state index in [1.165, 1.54) is 19.1 Å². The van der Waals surface area contributed by atoms with E-state index in [0.717, 1.165) is 13.0 Å². The van der Waals surface area contributed by atoms with Crippen LogP contribution >= 0.6 is 0 Å². The molecule has 1 heterocycles. The largest absolute Gasteiger partial charge is 0.351 e. The maximum absolute atomic E-state index is 12.1. The second kappa shape index (κ2) is 5.17. The van der Waals surface area contributed by atoms with E-state index in [-0.39, 0.29) is 23.7 Å². The molecule has 2 rings (SSSR count). The molecule has 1 saturated heterocycles. The lowest BCUT2D eigenvalue weighted by atomic mass is 9.93. The predicted octanol–water partition coefficient (Wildman–Crippen LogP) is -0.0762. The van der Waals surface area contributed by atoms with Crippen LogP contribution in [-0.2, 0) is 14.6 Å². The van der Waals surface area contributed by atoms with E-state index in [2.05, 4.69) is 10.6 Å². The number of fused-ring (bicyclic) bond motifs is 1. The highest BCUT2D eigenvalue weighted by molar-refractivity contribution is 7.90. The summed E-state index contributed by atoms with van der Waals surface area (Å²) in [4.78, 5) is 12.1. The van der Waals surface area contributed by atoms with Crippen LogP contribution in [0.15, 0.2) is 0 Å². The number of hydrogen-bond donors (Lipinski definition) is 2. The third kappa shape index (κ3) is 3.23. The molecule has 104 valence electrons. The van der Waals surface area contributed by atoms with E-state index in [9.17, 15) is 13.2 Å². The molecule has 6 heteroatoms. The molecule has 0 aromatic carbocycles. The van der Waals surface area contributed by atoms with Crippen LogP contribution in [0.3, 0.4) is 0 Å². The van der Waals surface area contributed by atoms with Crippen LogP contribution in [0.2, 0.25) is 0 Å². The monoisotopic (exact) mass is 274 g/mol. The molecule has 0 bridgehead atoms. The number of rotatable bonds is 4. The van der Waals surface area contributed by atoms with Crippen LogP contribution in [0.25, 0.3) is 0 Å². The zero-order valence-electron chi connectivity index (χ0n) is 11.0. The molecule has 0 spiro atoms. The van der Waals surface area contributed by atoms with Crippen LogP contribution in [-0.4, -0.2) is 45.0 Å². The fourth-order valence-electron chi connectivity index (χ4n) is 3.30. The number of amides is 1. The van der Waals surface area contributed by atoms with Gasteiger partial charge in [0.25, 0.3) is 0 Å². The van der Waals surface area contributed by atoms with Gasteiger partial charge in [0.05, 0.1) is 11.8 Å². The molecule has 1 aliphatic heterocycles. The molecule has 18 heavy (non-hydrogen) atoms. The molecule has 2 N–H and O–H groups in total. The van der Waals surface area contributed by atoms with Crippen molar-refractivity contribution in [3.8, 4) is 0 Å². The topological polar surface area (TPSA) is 75.3 Å². The van der Waals surface area contributed by atoms with Gasteiger partial charge in [0.1, 0.15) is 9.84 Å². The number of hydrogen-bond acceptors (Lipinski definition) is 4. The summed E-state index contributed by atoms with van der Waals surface area (Å²) in [6.07, 6.45) is 4.71. The maximum Gasteiger partial charge on any atom is 0.237 e. The summed E-state index contributed by atoms with van der Waals surface area (Å²) in [6.45, 7) is 2.66. The van der Waals surface area contributed by atoms with E-state index in [1.54, 1.807) is 6.92 Å². The Kier molecular flexibility index (Phi) is 3.96. The van der Waals surface area contributed by atoms with Crippen molar-refractivity contribution in [3.63, 3.8) is 0 Å². The molecular formula is C12H22N2O3S. The van der Waals surface area contributed by atoms with Crippen LogP contribution < -0.4 is 10.6 Å². The summed E-state index contributed by atoms with van der Waals surface area (Å²) in [5.74, 6) is 1.03. The highest BCUT2D eigenvalue weighted by Gasteiger charge is 2.42. The molecule has 0 aromatic heterocycles. The van der Waals surface area contributed by atoms with Gasteiger partial charge in [-0.15, -0.1) is 0 Å². The first-order chi connectivity index (χ1) is 8.37. The van der Waals surface area contributed by atoms with Crippen molar-refractivity contribution in [1.29, 1.82) is 0 Å². The van der Waals surface area contributed by atoms with Crippen molar-refractivity contribution >= 4 is 15.7 Å². The van der Waals surface area contributed by atoms with E-state index in [0.29, 0.717) is 11.8 Å². The minimum Gasteiger partial charge on any atom is -0.351 e. The number of nitrogens with one attached hydrogen (secondary N) is 2. The van der Waals surface area contributed by atoms with Gasteiger partial charge in [-0.05, 0) is 38.1 Å². The first-order valence-electron chi connectivity index (χ1n) is 6.58. The van der Waals surface area contributed by atoms with Crippen LogP contribution in [0, 0.1) is 11.8 Å². The number of carbonyl (C=O) groups excluding carboxylic acids is 1. The van der Waals surface area contributed by atoms with E-state index in [1.807, 2.05) is 0 Å². The van der Waals surface area contributed by atoms with Gasteiger partial charge >= 0.3 is 0 Å². The van der Waals surface area contributed by atoms with Crippen molar-refractivity contribution in [2.75, 3.05) is 18.6 Å². The summed E-state index contributed by atoms with van der Waals surface area (Å²) in [5.41, 5.74) is 0. The Morgan fingerprint density at radius 1 is 1.44 bits per heavy atom. The Balaban J connectivity index is 1.88. The van der Waals surface area contributed by atoms with E-state index >= 15 is 0 Å². The molecular weight excluding hydrogens is 252 g/mol.